The Kier molecular flexibility index (Phi) is 7.99. The largest absolute Gasteiger partial charge is 0.385 e. The van der Waals surface area contributed by atoms with Crippen LogP contribution in [-0.4, -0.2) is 37.7 Å². The minimum Gasteiger partial charge on any atom is -0.385 e. The third kappa shape index (κ3) is 6.21. The van der Waals surface area contributed by atoms with Crippen LogP contribution < -0.4 is 10.6 Å². The van der Waals surface area contributed by atoms with Crippen LogP contribution in [0, 0.1) is 0 Å². The van der Waals surface area contributed by atoms with Gasteiger partial charge in [-0.3, -0.25) is 4.79 Å². The summed E-state index contributed by atoms with van der Waals surface area (Å²) in [5, 5.41) is 6.24. The summed E-state index contributed by atoms with van der Waals surface area (Å²) in [6, 6.07) is 3.28. The van der Waals surface area contributed by atoms with Crippen LogP contribution in [0.1, 0.15) is 36.5 Å². The van der Waals surface area contributed by atoms with Gasteiger partial charge in [-0.05, 0) is 38.3 Å². The van der Waals surface area contributed by atoms with Gasteiger partial charge in [0.25, 0.3) is 5.91 Å². The Balaban J connectivity index is 2.42. The Morgan fingerprint density at radius 2 is 2.15 bits per heavy atom. The topological polar surface area (TPSA) is 63.2 Å². The first-order chi connectivity index (χ1) is 9.67. The Morgan fingerprint density at radius 3 is 2.85 bits per heavy atom. The second kappa shape index (κ2) is 9.55. The number of aromatic nitrogens is 1. The molecule has 0 bridgehead atoms. The van der Waals surface area contributed by atoms with Crippen molar-refractivity contribution in [2.24, 2.45) is 0 Å². The Hall–Kier alpha value is -1.33. The molecule has 0 unspecified atom stereocenters. The van der Waals surface area contributed by atoms with Gasteiger partial charge >= 0.3 is 0 Å². The van der Waals surface area contributed by atoms with Crippen LogP contribution in [0.5, 0.6) is 0 Å². The van der Waals surface area contributed by atoms with Gasteiger partial charge in [0, 0.05) is 32.4 Å². The molecule has 2 N–H and O–H groups in total. The van der Waals surface area contributed by atoms with E-state index in [1.54, 1.807) is 19.2 Å². The monoisotopic (exact) mass is 299 g/mol. The number of carbonyl (C=O) groups is 1. The van der Waals surface area contributed by atoms with Gasteiger partial charge < -0.3 is 15.4 Å². The van der Waals surface area contributed by atoms with E-state index in [0.717, 1.165) is 32.4 Å². The predicted octanol–water partition coefficient (Wildman–Crippen LogP) is 2.71. The zero-order chi connectivity index (χ0) is 14.8. The summed E-state index contributed by atoms with van der Waals surface area (Å²) in [5.74, 6) is 0.491. The molecular formula is C14H22ClN3O2. The highest BCUT2D eigenvalue weighted by atomic mass is 35.5. The Labute approximate surface area is 125 Å². The fourth-order valence-corrected chi connectivity index (χ4v) is 1.96. The van der Waals surface area contributed by atoms with Crippen LogP contribution in [-0.2, 0) is 4.74 Å². The molecule has 1 amide bonds. The van der Waals surface area contributed by atoms with E-state index in [4.69, 9.17) is 16.3 Å². The summed E-state index contributed by atoms with van der Waals surface area (Å²) in [4.78, 5) is 16.1. The van der Waals surface area contributed by atoms with Gasteiger partial charge in [0.1, 0.15) is 11.0 Å². The lowest BCUT2D eigenvalue weighted by atomic mass is 10.2. The van der Waals surface area contributed by atoms with Crippen LogP contribution in [0.25, 0.3) is 0 Å². The van der Waals surface area contributed by atoms with Gasteiger partial charge in [0.15, 0.2) is 0 Å². The fourth-order valence-electron chi connectivity index (χ4n) is 1.75. The highest BCUT2D eigenvalue weighted by Gasteiger charge is 2.08. The number of halogens is 1. The number of nitrogens with zero attached hydrogens (tertiary/aromatic N) is 1. The quantitative estimate of drug-likeness (QED) is 0.543. The molecule has 0 saturated heterocycles. The Morgan fingerprint density at radius 1 is 1.35 bits per heavy atom. The number of hydrogen-bond donors (Lipinski definition) is 2. The SMILES string of the molecule is CCNc1cc(C(=O)NCCCCCOC)cc(Cl)n1. The lowest BCUT2D eigenvalue weighted by Crippen LogP contribution is -2.24. The number of hydrogen-bond acceptors (Lipinski definition) is 4. The van der Waals surface area contributed by atoms with Crippen molar-refractivity contribution in [3.8, 4) is 0 Å². The smallest absolute Gasteiger partial charge is 0.251 e. The van der Waals surface area contributed by atoms with Gasteiger partial charge in [0.2, 0.25) is 0 Å². The maximum absolute atomic E-state index is 12.0. The molecule has 0 aliphatic carbocycles. The molecule has 0 atom stereocenters. The standard InChI is InChI=1S/C14H22ClN3O2/c1-3-16-13-10-11(9-12(15)18-13)14(19)17-7-5-4-6-8-20-2/h9-10H,3-8H2,1-2H3,(H,16,18)(H,17,19). The average molecular weight is 300 g/mol. The van der Waals surface area contributed by atoms with Crippen LogP contribution in [0.4, 0.5) is 5.82 Å². The van der Waals surface area contributed by atoms with Gasteiger partial charge in [0.05, 0.1) is 0 Å². The first-order valence-corrected chi connectivity index (χ1v) is 7.23. The van der Waals surface area contributed by atoms with Crippen molar-refractivity contribution < 1.29 is 9.53 Å². The maximum Gasteiger partial charge on any atom is 0.251 e. The van der Waals surface area contributed by atoms with Gasteiger partial charge in [-0.1, -0.05) is 11.6 Å². The molecule has 0 aliphatic rings. The molecule has 1 heterocycles. The molecule has 1 aromatic heterocycles. The van der Waals surface area contributed by atoms with E-state index >= 15 is 0 Å². The number of unbranched alkanes of at least 4 members (excludes halogenated alkanes) is 2. The van der Waals surface area contributed by atoms with Gasteiger partial charge in [-0.25, -0.2) is 4.98 Å². The molecule has 0 radical (unpaired) electrons. The number of pyridine rings is 1. The fraction of sp³-hybridized carbons (Fsp3) is 0.571. The second-order valence-corrected chi connectivity index (χ2v) is 4.79. The van der Waals surface area contributed by atoms with E-state index < -0.39 is 0 Å². The number of amides is 1. The minimum absolute atomic E-state index is 0.125. The summed E-state index contributed by atoms with van der Waals surface area (Å²) < 4.78 is 4.97. The number of anilines is 1. The summed E-state index contributed by atoms with van der Waals surface area (Å²) in [7, 11) is 1.69. The number of carbonyl (C=O) groups excluding carboxylic acids is 1. The molecule has 20 heavy (non-hydrogen) atoms. The lowest BCUT2D eigenvalue weighted by Gasteiger charge is -2.08. The zero-order valence-corrected chi connectivity index (χ0v) is 12.8. The molecular weight excluding hydrogens is 278 g/mol. The van der Waals surface area contributed by atoms with Crippen molar-refractivity contribution in [2.75, 3.05) is 32.1 Å². The summed E-state index contributed by atoms with van der Waals surface area (Å²) in [6.45, 7) is 4.11. The second-order valence-electron chi connectivity index (χ2n) is 4.40. The van der Waals surface area contributed by atoms with E-state index in [1.807, 2.05) is 6.92 Å². The molecule has 0 aliphatic heterocycles. The van der Waals surface area contributed by atoms with Crippen LogP contribution in [0.15, 0.2) is 12.1 Å². The van der Waals surface area contributed by atoms with Crippen molar-refractivity contribution in [3.63, 3.8) is 0 Å². The number of ether oxygens (including phenoxy) is 1. The van der Waals surface area contributed by atoms with Crippen molar-refractivity contribution in [3.05, 3.63) is 22.8 Å². The molecule has 6 heteroatoms. The minimum atomic E-state index is -0.125. The molecule has 112 valence electrons. The summed E-state index contributed by atoms with van der Waals surface area (Å²) in [5.41, 5.74) is 0.526. The molecule has 1 rings (SSSR count). The first-order valence-electron chi connectivity index (χ1n) is 6.86. The van der Waals surface area contributed by atoms with Crippen molar-refractivity contribution in [1.82, 2.24) is 10.3 Å². The van der Waals surface area contributed by atoms with E-state index in [9.17, 15) is 4.79 Å². The number of methoxy groups -OCH3 is 1. The first kappa shape index (κ1) is 16.7. The third-order valence-electron chi connectivity index (χ3n) is 2.72. The van der Waals surface area contributed by atoms with Crippen LogP contribution in [0.2, 0.25) is 5.15 Å². The predicted molar refractivity (Wildman–Crippen MR) is 81.5 cm³/mol. The molecule has 0 spiro atoms. The van der Waals surface area contributed by atoms with E-state index in [0.29, 0.717) is 23.1 Å². The van der Waals surface area contributed by atoms with Gasteiger partial charge in [-0.15, -0.1) is 0 Å². The molecule has 0 aromatic carbocycles. The number of rotatable bonds is 9. The molecule has 1 aromatic rings. The van der Waals surface area contributed by atoms with Crippen LogP contribution >= 0.6 is 11.6 Å². The Bertz CT molecular complexity index is 427. The van der Waals surface area contributed by atoms with E-state index in [-0.39, 0.29) is 5.91 Å². The van der Waals surface area contributed by atoms with E-state index in [2.05, 4.69) is 15.6 Å². The normalized spacial score (nSPS) is 10.3. The van der Waals surface area contributed by atoms with Crippen molar-refractivity contribution in [2.45, 2.75) is 26.2 Å². The number of nitrogens with one attached hydrogen (secondary N) is 2. The molecule has 5 nitrogen and oxygen atoms in total. The summed E-state index contributed by atoms with van der Waals surface area (Å²) in [6.07, 6.45) is 2.99. The molecule has 0 saturated carbocycles. The van der Waals surface area contributed by atoms with Gasteiger partial charge in [-0.2, -0.15) is 0 Å². The van der Waals surface area contributed by atoms with E-state index in [1.165, 1.54) is 0 Å². The van der Waals surface area contributed by atoms with Crippen LogP contribution in [0.3, 0.4) is 0 Å². The summed E-state index contributed by atoms with van der Waals surface area (Å²) >= 11 is 5.90. The van der Waals surface area contributed by atoms with Crippen molar-refractivity contribution in [1.29, 1.82) is 0 Å². The highest BCUT2D eigenvalue weighted by Crippen LogP contribution is 2.14. The third-order valence-corrected chi connectivity index (χ3v) is 2.92. The highest BCUT2D eigenvalue weighted by molar-refractivity contribution is 6.29. The van der Waals surface area contributed by atoms with Crippen molar-refractivity contribution >= 4 is 23.3 Å². The zero-order valence-electron chi connectivity index (χ0n) is 12.0. The lowest BCUT2D eigenvalue weighted by molar-refractivity contribution is 0.0952. The maximum atomic E-state index is 12.0. The molecule has 0 fully saturated rings. The average Bonchev–Trinajstić information content (AvgIpc) is 2.42.